The average molecular weight is 211 g/mol. The van der Waals surface area contributed by atoms with Crippen molar-refractivity contribution in [3.63, 3.8) is 0 Å². The Morgan fingerprint density at radius 2 is 2.36 bits per heavy atom. The van der Waals surface area contributed by atoms with Crippen molar-refractivity contribution in [2.24, 2.45) is 7.05 Å². The number of aliphatic carboxylic acids is 1. The van der Waals surface area contributed by atoms with Gasteiger partial charge in [0.1, 0.15) is 5.52 Å². The average Bonchev–Trinajstić information content (AvgIpc) is 2.57. The van der Waals surface area contributed by atoms with E-state index >= 15 is 0 Å². The summed E-state index contributed by atoms with van der Waals surface area (Å²) in [7, 11) is 1.82. The second kappa shape index (κ2) is 3.02. The summed E-state index contributed by atoms with van der Waals surface area (Å²) in [6, 6.07) is 1.87. The van der Waals surface area contributed by atoms with Crippen LogP contribution in [0.1, 0.15) is 4.88 Å². The molecule has 74 valence electrons. The first-order chi connectivity index (χ1) is 6.59. The fourth-order valence-corrected chi connectivity index (χ4v) is 2.56. The quantitative estimate of drug-likeness (QED) is 0.792. The monoisotopic (exact) mass is 211 g/mol. The van der Waals surface area contributed by atoms with Crippen molar-refractivity contribution in [1.82, 2.24) is 4.57 Å². The van der Waals surface area contributed by atoms with Gasteiger partial charge in [-0.3, -0.25) is 4.79 Å². The Morgan fingerprint density at radius 3 is 2.93 bits per heavy atom. The van der Waals surface area contributed by atoms with Gasteiger partial charge in [0, 0.05) is 13.2 Å². The number of hydrogen-bond donors (Lipinski definition) is 2. The molecule has 2 N–H and O–H groups in total. The van der Waals surface area contributed by atoms with Crippen LogP contribution in [0.2, 0.25) is 0 Å². The molecular formula is C9H9NO3S. The number of rotatable bonds is 2. The van der Waals surface area contributed by atoms with Crippen LogP contribution >= 0.6 is 11.3 Å². The normalized spacial score (nSPS) is 10.9. The summed E-state index contributed by atoms with van der Waals surface area (Å²) in [6.07, 6.45) is 1.72. The van der Waals surface area contributed by atoms with Gasteiger partial charge in [0.05, 0.1) is 16.0 Å². The largest absolute Gasteiger partial charge is 0.505 e. The van der Waals surface area contributed by atoms with Crippen molar-refractivity contribution in [1.29, 1.82) is 0 Å². The van der Waals surface area contributed by atoms with Gasteiger partial charge in [-0.1, -0.05) is 0 Å². The summed E-state index contributed by atoms with van der Waals surface area (Å²) in [5.41, 5.74) is 0.714. The maximum atomic E-state index is 10.5. The van der Waals surface area contributed by atoms with Gasteiger partial charge in [0.2, 0.25) is 0 Å². The number of fused-ring (bicyclic) bond motifs is 1. The standard InChI is InChI=1S/C9H9NO3S/c1-10-3-2-5-8(10)9(13)6(14-5)4-7(11)12/h2-3,13H,4H2,1H3,(H,11,12). The second-order valence-electron chi connectivity index (χ2n) is 3.08. The van der Waals surface area contributed by atoms with Crippen molar-refractivity contribution in [2.75, 3.05) is 0 Å². The molecule has 0 spiro atoms. The zero-order chi connectivity index (χ0) is 10.3. The zero-order valence-corrected chi connectivity index (χ0v) is 8.34. The fourth-order valence-electron chi connectivity index (χ4n) is 1.44. The van der Waals surface area contributed by atoms with Gasteiger partial charge in [0.15, 0.2) is 5.75 Å². The summed E-state index contributed by atoms with van der Waals surface area (Å²) in [6.45, 7) is 0. The number of hydrogen-bond acceptors (Lipinski definition) is 3. The Labute approximate surface area is 84.0 Å². The molecule has 0 saturated carbocycles. The van der Waals surface area contributed by atoms with Crippen LogP contribution in [0, 0.1) is 0 Å². The van der Waals surface area contributed by atoms with E-state index in [1.807, 2.05) is 19.3 Å². The van der Waals surface area contributed by atoms with Crippen LogP contribution in [0.15, 0.2) is 12.3 Å². The first-order valence-corrected chi connectivity index (χ1v) is 4.88. The van der Waals surface area contributed by atoms with Crippen molar-refractivity contribution < 1.29 is 15.0 Å². The van der Waals surface area contributed by atoms with Crippen LogP contribution < -0.4 is 0 Å². The highest BCUT2D eigenvalue weighted by Gasteiger charge is 2.15. The summed E-state index contributed by atoms with van der Waals surface area (Å²) in [5, 5.41) is 18.3. The lowest BCUT2D eigenvalue weighted by Crippen LogP contribution is -1.97. The molecule has 5 heteroatoms. The van der Waals surface area contributed by atoms with Crippen LogP contribution in [0.4, 0.5) is 0 Å². The topological polar surface area (TPSA) is 62.5 Å². The van der Waals surface area contributed by atoms with Gasteiger partial charge in [-0.2, -0.15) is 0 Å². The third kappa shape index (κ3) is 1.26. The van der Waals surface area contributed by atoms with Gasteiger partial charge in [-0.15, -0.1) is 11.3 Å². The lowest BCUT2D eigenvalue weighted by atomic mass is 10.3. The summed E-state index contributed by atoms with van der Waals surface area (Å²) >= 11 is 1.32. The molecule has 0 saturated heterocycles. The summed E-state index contributed by atoms with van der Waals surface area (Å²) in [5.74, 6) is -0.827. The minimum atomic E-state index is -0.924. The van der Waals surface area contributed by atoms with E-state index in [0.29, 0.717) is 10.4 Å². The predicted octanol–water partition coefficient (Wildman–Crippen LogP) is 1.57. The highest BCUT2D eigenvalue weighted by atomic mass is 32.1. The Kier molecular flexibility index (Phi) is 1.96. The minimum Gasteiger partial charge on any atom is -0.505 e. The van der Waals surface area contributed by atoms with Gasteiger partial charge in [-0.05, 0) is 6.07 Å². The smallest absolute Gasteiger partial charge is 0.308 e. The molecule has 2 rings (SSSR count). The first-order valence-electron chi connectivity index (χ1n) is 4.07. The fraction of sp³-hybridized carbons (Fsp3) is 0.222. The highest BCUT2D eigenvalue weighted by molar-refractivity contribution is 7.19. The number of aryl methyl sites for hydroxylation is 1. The SMILES string of the molecule is Cn1ccc2sc(CC(=O)O)c(O)c21. The van der Waals surface area contributed by atoms with E-state index in [0.717, 1.165) is 4.70 Å². The highest BCUT2D eigenvalue weighted by Crippen LogP contribution is 2.37. The lowest BCUT2D eigenvalue weighted by Gasteiger charge is -1.95. The Hall–Kier alpha value is -1.49. The third-order valence-electron chi connectivity index (χ3n) is 2.07. The van der Waals surface area contributed by atoms with E-state index in [1.165, 1.54) is 11.3 Å². The molecule has 0 unspecified atom stereocenters. The molecule has 0 aliphatic carbocycles. The maximum Gasteiger partial charge on any atom is 0.308 e. The van der Waals surface area contributed by atoms with Gasteiger partial charge in [0.25, 0.3) is 0 Å². The summed E-state index contributed by atoms with van der Waals surface area (Å²) < 4.78 is 2.70. The molecule has 0 fully saturated rings. The van der Waals surface area contributed by atoms with Crippen molar-refractivity contribution in [3.05, 3.63) is 17.1 Å². The second-order valence-corrected chi connectivity index (χ2v) is 4.22. The predicted molar refractivity (Wildman–Crippen MR) is 53.8 cm³/mol. The molecule has 0 atom stereocenters. The van der Waals surface area contributed by atoms with E-state index < -0.39 is 5.97 Å². The summed E-state index contributed by atoms with van der Waals surface area (Å²) in [4.78, 5) is 11.0. The number of thiophene rings is 1. The van der Waals surface area contributed by atoms with Crippen LogP contribution in [-0.2, 0) is 18.3 Å². The first kappa shape index (κ1) is 9.08. The molecule has 2 aromatic rings. The zero-order valence-electron chi connectivity index (χ0n) is 7.52. The van der Waals surface area contributed by atoms with Gasteiger partial charge in [-0.25, -0.2) is 0 Å². The molecular weight excluding hydrogens is 202 g/mol. The van der Waals surface area contributed by atoms with Gasteiger partial charge < -0.3 is 14.8 Å². The Bertz CT molecular complexity index is 497. The van der Waals surface area contributed by atoms with E-state index in [1.54, 1.807) is 4.57 Å². The number of carboxylic acid groups (broad SMARTS) is 1. The molecule has 0 aliphatic heterocycles. The molecule has 2 heterocycles. The Morgan fingerprint density at radius 1 is 1.64 bits per heavy atom. The van der Waals surface area contributed by atoms with E-state index in [4.69, 9.17) is 5.11 Å². The molecule has 0 aromatic carbocycles. The van der Waals surface area contributed by atoms with Crippen LogP contribution in [0.5, 0.6) is 5.75 Å². The van der Waals surface area contributed by atoms with E-state index in [2.05, 4.69) is 0 Å². The Balaban J connectivity index is 2.57. The number of nitrogens with zero attached hydrogens (tertiary/aromatic N) is 1. The number of aromatic nitrogens is 1. The molecule has 0 aliphatic rings. The van der Waals surface area contributed by atoms with Crippen molar-refractivity contribution in [2.45, 2.75) is 6.42 Å². The lowest BCUT2D eigenvalue weighted by molar-refractivity contribution is -0.136. The van der Waals surface area contributed by atoms with Crippen molar-refractivity contribution >= 4 is 27.5 Å². The number of aromatic hydroxyl groups is 1. The number of carbonyl (C=O) groups is 1. The molecule has 2 aromatic heterocycles. The molecule has 0 bridgehead atoms. The third-order valence-corrected chi connectivity index (χ3v) is 3.20. The minimum absolute atomic E-state index is 0.0971. The maximum absolute atomic E-state index is 10.5. The number of carboxylic acids is 1. The molecule has 4 nitrogen and oxygen atoms in total. The molecule has 14 heavy (non-hydrogen) atoms. The van der Waals surface area contributed by atoms with E-state index in [-0.39, 0.29) is 12.2 Å². The van der Waals surface area contributed by atoms with E-state index in [9.17, 15) is 9.90 Å². The van der Waals surface area contributed by atoms with Crippen LogP contribution in [-0.4, -0.2) is 20.7 Å². The van der Waals surface area contributed by atoms with Crippen LogP contribution in [0.3, 0.4) is 0 Å². The van der Waals surface area contributed by atoms with Gasteiger partial charge >= 0.3 is 5.97 Å². The van der Waals surface area contributed by atoms with Crippen molar-refractivity contribution in [3.8, 4) is 5.75 Å². The molecule has 0 amide bonds. The molecule has 0 radical (unpaired) electrons. The van der Waals surface area contributed by atoms with Crippen LogP contribution in [0.25, 0.3) is 10.2 Å².